The Morgan fingerprint density at radius 1 is 0.933 bits per heavy atom. The van der Waals surface area contributed by atoms with Crippen LogP contribution in [0.15, 0.2) is 36.4 Å². The lowest BCUT2D eigenvalue weighted by Crippen LogP contribution is -1.77. The number of rotatable bonds is 0. The van der Waals surface area contributed by atoms with Crippen LogP contribution in [-0.2, 0) is 0 Å². The topological polar surface area (TPSA) is 0 Å². The minimum Gasteiger partial charge on any atom is -0.135 e. The molecular formula is C14H12S. The van der Waals surface area contributed by atoms with E-state index in [-0.39, 0.29) is 0 Å². The van der Waals surface area contributed by atoms with Gasteiger partial charge in [-0.1, -0.05) is 24.3 Å². The smallest absolute Gasteiger partial charge is 0.0360 e. The Kier molecular flexibility index (Phi) is 1.83. The van der Waals surface area contributed by atoms with Gasteiger partial charge in [-0.15, -0.1) is 11.3 Å². The van der Waals surface area contributed by atoms with E-state index in [1.54, 1.807) is 0 Å². The highest BCUT2D eigenvalue weighted by Gasteiger charge is 2.06. The van der Waals surface area contributed by atoms with Gasteiger partial charge in [0.1, 0.15) is 0 Å². The van der Waals surface area contributed by atoms with Gasteiger partial charge >= 0.3 is 0 Å². The van der Waals surface area contributed by atoms with E-state index in [2.05, 4.69) is 50.2 Å². The van der Waals surface area contributed by atoms with Gasteiger partial charge in [-0.05, 0) is 37.1 Å². The van der Waals surface area contributed by atoms with Crippen LogP contribution in [0.3, 0.4) is 0 Å². The maximum absolute atomic E-state index is 2.28. The molecule has 74 valence electrons. The van der Waals surface area contributed by atoms with Gasteiger partial charge in [0.05, 0.1) is 0 Å². The molecule has 0 atom stereocenters. The zero-order valence-corrected chi connectivity index (χ0v) is 9.69. The molecule has 0 bridgehead atoms. The lowest BCUT2D eigenvalue weighted by atomic mass is 10.1. The summed E-state index contributed by atoms with van der Waals surface area (Å²) < 4.78 is 2.80. The van der Waals surface area contributed by atoms with E-state index in [1.165, 1.54) is 31.3 Å². The summed E-state index contributed by atoms with van der Waals surface area (Å²) in [6.07, 6.45) is 0. The summed E-state index contributed by atoms with van der Waals surface area (Å²) in [5, 5.41) is 2.83. The first-order chi connectivity index (χ1) is 7.25. The molecule has 0 spiro atoms. The summed E-state index contributed by atoms with van der Waals surface area (Å²) in [6.45, 7) is 4.37. The Morgan fingerprint density at radius 3 is 2.60 bits per heavy atom. The quantitative estimate of drug-likeness (QED) is 0.508. The lowest BCUT2D eigenvalue weighted by molar-refractivity contribution is 1.44. The molecule has 0 saturated carbocycles. The van der Waals surface area contributed by atoms with Crippen LogP contribution in [0.4, 0.5) is 0 Å². The number of thiophene rings is 1. The molecule has 0 aliphatic heterocycles. The van der Waals surface area contributed by atoms with Crippen molar-refractivity contribution in [2.45, 2.75) is 13.8 Å². The molecule has 1 aromatic heterocycles. The molecule has 3 aromatic rings. The number of benzene rings is 2. The second-order valence-corrected chi connectivity index (χ2v) is 5.14. The fraction of sp³-hybridized carbons (Fsp3) is 0.143. The first kappa shape index (κ1) is 8.93. The highest BCUT2D eigenvalue weighted by atomic mass is 32.1. The average molecular weight is 212 g/mol. The van der Waals surface area contributed by atoms with Crippen molar-refractivity contribution in [3.05, 3.63) is 47.5 Å². The van der Waals surface area contributed by atoms with Gasteiger partial charge in [0, 0.05) is 20.2 Å². The molecule has 0 N–H and O–H groups in total. The number of aryl methyl sites for hydroxylation is 2. The standard InChI is InChI=1S/C14H12S/c1-9-7-10(2)14-11-5-3-4-6-12(11)15-13(14)8-9/h3-8H,1-2H3. The van der Waals surface area contributed by atoms with E-state index >= 15 is 0 Å². The predicted molar refractivity (Wildman–Crippen MR) is 68.8 cm³/mol. The summed E-state index contributed by atoms with van der Waals surface area (Å²) in [6, 6.07) is 13.2. The molecule has 0 unspecified atom stereocenters. The van der Waals surface area contributed by atoms with Gasteiger partial charge in [-0.3, -0.25) is 0 Å². The molecule has 1 heteroatoms. The first-order valence-electron chi connectivity index (χ1n) is 5.14. The zero-order valence-electron chi connectivity index (χ0n) is 8.87. The maximum atomic E-state index is 2.28. The Morgan fingerprint density at radius 2 is 1.73 bits per heavy atom. The Labute approximate surface area is 93.2 Å². The van der Waals surface area contributed by atoms with E-state index in [4.69, 9.17) is 0 Å². The molecule has 0 amide bonds. The van der Waals surface area contributed by atoms with E-state index in [0.717, 1.165) is 0 Å². The van der Waals surface area contributed by atoms with Crippen molar-refractivity contribution >= 4 is 31.5 Å². The molecule has 2 aromatic carbocycles. The highest BCUT2D eigenvalue weighted by molar-refractivity contribution is 7.25. The Bertz CT molecular complexity index is 647. The zero-order chi connectivity index (χ0) is 10.4. The van der Waals surface area contributed by atoms with Crippen LogP contribution in [0.2, 0.25) is 0 Å². The third-order valence-electron chi connectivity index (χ3n) is 2.82. The molecule has 0 fully saturated rings. The van der Waals surface area contributed by atoms with Crippen molar-refractivity contribution in [1.29, 1.82) is 0 Å². The maximum Gasteiger partial charge on any atom is 0.0360 e. The van der Waals surface area contributed by atoms with Crippen LogP contribution < -0.4 is 0 Å². The number of fused-ring (bicyclic) bond motifs is 3. The average Bonchev–Trinajstić information content (AvgIpc) is 2.54. The summed E-state index contributed by atoms with van der Waals surface area (Å²) in [5.41, 5.74) is 2.74. The lowest BCUT2D eigenvalue weighted by Gasteiger charge is -1.99. The summed E-state index contributed by atoms with van der Waals surface area (Å²) in [5.74, 6) is 0. The van der Waals surface area contributed by atoms with Crippen LogP contribution in [0.5, 0.6) is 0 Å². The Hall–Kier alpha value is -1.34. The molecule has 0 saturated heterocycles. The van der Waals surface area contributed by atoms with Gasteiger partial charge in [0.2, 0.25) is 0 Å². The molecule has 0 nitrogen and oxygen atoms in total. The minimum absolute atomic E-state index is 1.35. The van der Waals surface area contributed by atoms with Gasteiger partial charge < -0.3 is 0 Å². The molecule has 0 radical (unpaired) electrons. The Balaban J connectivity index is 2.61. The SMILES string of the molecule is Cc1cc(C)c2c(c1)sc1ccccc12. The van der Waals surface area contributed by atoms with Crippen molar-refractivity contribution in [1.82, 2.24) is 0 Å². The second-order valence-electron chi connectivity index (χ2n) is 4.05. The normalized spacial score (nSPS) is 11.3. The highest BCUT2D eigenvalue weighted by Crippen LogP contribution is 2.36. The van der Waals surface area contributed by atoms with E-state index in [9.17, 15) is 0 Å². The van der Waals surface area contributed by atoms with Crippen molar-refractivity contribution in [3.8, 4) is 0 Å². The van der Waals surface area contributed by atoms with E-state index in [1.807, 2.05) is 11.3 Å². The number of hydrogen-bond donors (Lipinski definition) is 0. The van der Waals surface area contributed by atoms with Crippen LogP contribution in [-0.4, -0.2) is 0 Å². The van der Waals surface area contributed by atoms with Gasteiger partial charge in [-0.2, -0.15) is 0 Å². The van der Waals surface area contributed by atoms with Crippen molar-refractivity contribution in [2.24, 2.45) is 0 Å². The molecule has 0 aliphatic carbocycles. The molecule has 1 heterocycles. The predicted octanol–water partition coefficient (Wildman–Crippen LogP) is 4.67. The van der Waals surface area contributed by atoms with E-state index in [0.29, 0.717) is 0 Å². The molecular weight excluding hydrogens is 200 g/mol. The largest absolute Gasteiger partial charge is 0.135 e. The van der Waals surface area contributed by atoms with Crippen molar-refractivity contribution in [2.75, 3.05) is 0 Å². The third-order valence-corrected chi connectivity index (χ3v) is 3.94. The van der Waals surface area contributed by atoms with Gasteiger partial charge in [0.15, 0.2) is 0 Å². The summed E-state index contributed by atoms with van der Waals surface area (Å²) in [4.78, 5) is 0. The summed E-state index contributed by atoms with van der Waals surface area (Å²) in [7, 11) is 0. The fourth-order valence-electron chi connectivity index (χ4n) is 2.23. The molecule has 3 rings (SSSR count). The first-order valence-corrected chi connectivity index (χ1v) is 5.96. The van der Waals surface area contributed by atoms with E-state index < -0.39 is 0 Å². The minimum atomic E-state index is 1.35. The van der Waals surface area contributed by atoms with Crippen molar-refractivity contribution < 1.29 is 0 Å². The van der Waals surface area contributed by atoms with Crippen LogP contribution in [0.25, 0.3) is 20.2 Å². The fourth-order valence-corrected chi connectivity index (χ4v) is 3.52. The van der Waals surface area contributed by atoms with Crippen LogP contribution >= 0.6 is 11.3 Å². The van der Waals surface area contributed by atoms with Crippen molar-refractivity contribution in [3.63, 3.8) is 0 Å². The van der Waals surface area contributed by atoms with Crippen LogP contribution in [0.1, 0.15) is 11.1 Å². The second kappa shape index (κ2) is 3.07. The monoisotopic (exact) mass is 212 g/mol. The van der Waals surface area contributed by atoms with Gasteiger partial charge in [0.25, 0.3) is 0 Å². The van der Waals surface area contributed by atoms with Gasteiger partial charge in [-0.25, -0.2) is 0 Å². The molecule has 15 heavy (non-hydrogen) atoms. The van der Waals surface area contributed by atoms with Crippen LogP contribution in [0, 0.1) is 13.8 Å². The number of hydrogen-bond acceptors (Lipinski definition) is 1. The third kappa shape index (κ3) is 1.27. The molecule has 0 aliphatic rings. The summed E-state index contributed by atoms with van der Waals surface area (Å²) >= 11 is 1.89.